The monoisotopic (exact) mass is 368 g/mol. The number of nitrogens with zero attached hydrogens (tertiary/aromatic N) is 2. The van der Waals surface area contributed by atoms with Crippen molar-refractivity contribution in [2.24, 2.45) is 0 Å². The topological polar surface area (TPSA) is 66.5 Å². The fourth-order valence-electron chi connectivity index (χ4n) is 3.23. The standard InChI is InChI=1S/C21H28N4O2/c1-15(2)27-20-19(9-6-11-22-20)24-21(26)23-13-16(3)25-12-10-17-7-4-5-8-18(17)14-25/h4-9,11,15-16H,10,12-14H2,1-3H3,(H2,23,24,26). The van der Waals surface area contributed by atoms with Gasteiger partial charge in [-0.3, -0.25) is 4.90 Å². The first-order chi connectivity index (χ1) is 13.0. The van der Waals surface area contributed by atoms with Crippen molar-refractivity contribution < 1.29 is 9.53 Å². The molecular weight excluding hydrogens is 340 g/mol. The lowest BCUT2D eigenvalue weighted by Crippen LogP contribution is -2.45. The number of urea groups is 1. The number of aromatic nitrogens is 1. The molecule has 0 radical (unpaired) electrons. The summed E-state index contributed by atoms with van der Waals surface area (Å²) in [7, 11) is 0. The summed E-state index contributed by atoms with van der Waals surface area (Å²) in [5.74, 6) is 0.434. The number of rotatable bonds is 6. The third-order valence-electron chi connectivity index (χ3n) is 4.71. The molecule has 0 bridgehead atoms. The van der Waals surface area contributed by atoms with Gasteiger partial charge in [0.15, 0.2) is 0 Å². The van der Waals surface area contributed by atoms with Gasteiger partial charge in [-0.25, -0.2) is 9.78 Å². The van der Waals surface area contributed by atoms with Crippen molar-refractivity contribution in [3.05, 3.63) is 53.7 Å². The zero-order chi connectivity index (χ0) is 19.2. The fraction of sp³-hybridized carbons (Fsp3) is 0.429. The van der Waals surface area contributed by atoms with Gasteiger partial charge in [-0.1, -0.05) is 24.3 Å². The number of carbonyl (C=O) groups excluding carboxylic acids is 1. The van der Waals surface area contributed by atoms with Gasteiger partial charge < -0.3 is 15.4 Å². The number of pyridine rings is 1. The van der Waals surface area contributed by atoms with E-state index in [0.29, 0.717) is 18.1 Å². The van der Waals surface area contributed by atoms with E-state index in [0.717, 1.165) is 19.5 Å². The summed E-state index contributed by atoms with van der Waals surface area (Å²) in [6.07, 6.45) is 2.69. The quantitative estimate of drug-likeness (QED) is 0.820. The first-order valence-electron chi connectivity index (χ1n) is 9.50. The molecule has 1 aliphatic heterocycles. The summed E-state index contributed by atoms with van der Waals surface area (Å²) < 4.78 is 5.64. The summed E-state index contributed by atoms with van der Waals surface area (Å²) in [6.45, 7) is 8.51. The van der Waals surface area contributed by atoms with E-state index in [-0.39, 0.29) is 18.2 Å². The Labute approximate surface area is 160 Å². The Hall–Kier alpha value is -2.60. The third kappa shape index (κ3) is 5.20. The van der Waals surface area contributed by atoms with E-state index in [9.17, 15) is 4.79 Å². The van der Waals surface area contributed by atoms with E-state index in [1.807, 2.05) is 13.8 Å². The molecule has 3 rings (SSSR count). The minimum Gasteiger partial charge on any atom is -0.473 e. The van der Waals surface area contributed by atoms with Crippen LogP contribution in [0.1, 0.15) is 31.9 Å². The molecule has 1 unspecified atom stereocenters. The number of hydrogen-bond acceptors (Lipinski definition) is 4. The van der Waals surface area contributed by atoms with E-state index in [2.05, 4.69) is 51.7 Å². The first-order valence-corrected chi connectivity index (χ1v) is 9.50. The number of nitrogens with one attached hydrogen (secondary N) is 2. The summed E-state index contributed by atoms with van der Waals surface area (Å²) in [4.78, 5) is 18.9. The van der Waals surface area contributed by atoms with Crippen molar-refractivity contribution in [3.8, 4) is 5.88 Å². The maximum absolute atomic E-state index is 12.3. The summed E-state index contributed by atoms with van der Waals surface area (Å²) in [5, 5.41) is 5.79. The Morgan fingerprint density at radius 3 is 2.74 bits per heavy atom. The number of fused-ring (bicyclic) bond motifs is 1. The highest BCUT2D eigenvalue weighted by molar-refractivity contribution is 5.90. The summed E-state index contributed by atoms with van der Waals surface area (Å²) in [5.41, 5.74) is 3.38. The van der Waals surface area contributed by atoms with Gasteiger partial charge in [0.05, 0.1) is 6.10 Å². The van der Waals surface area contributed by atoms with Gasteiger partial charge in [-0.2, -0.15) is 0 Å². The van der Waals surface area contributed by atoms with E-state index in [1.165, 1.54) is 11.1 Å². The van der Waals surface area contributed by atoms with Crippen molar-refractivity contribution >= 4 is 11.7 Å². The van der Waals surface area contributed by atoms with Gasteiger partial charge in [0.1, 0.15) is 5.69 Å². The largest absolute Gasteiger partial charge is 0.473 e. The average Bonchev–Trinajstić information content (AvgIpc) is 2.67. The molecule has 0 spiro atoms. The Balaban J connectivity index is 1.51. The zero-order valence-electron chi connectivity index (χ0n) is 16.2. The van der Waals surface area contributed by atoms with Gasteiger partial charge in [0.25, 0.3) is 0 Å². The van der Waals surface area contributed by atoms with Gasteiger partial charge in [0, 0.05) is 31.9 Å². The Morgan fingerprint density at radius 2 is 1.96 bits per heavy atom. The Kier molecular flexibility index (Phi) is 6.29. The summed E-state index contributed by atoms with van der Waals surface area (Å²) in [6, 6.07) is 12.1. The molecule has 0 saturated heterocycles. The molecule has 0 saturated carbocycles. The molecular formula is C21H28N4O2. The van der Waals surface area contributed by atoms with Gasteiger partial charge in [-0.15, -0.1) is 0 Å². The predicted molar refractivity (Wildman–Crippen MR) is 107 cm³/mol. The van der Waals surface area contributed by atoms with Crippen LogP contribution < -0.4 is 15.4 Å². The normalized spacial score (nSPS) is 15.1. The van der Waals surface area contributed by atoms with Gasteiger partial charge >= 0.3 is 6.03 Å². The molecule has 2 N–H and O–H groups in total. The Morgan fingerprint density at radius 1 is 1.19 bits per heavy atom. The van der Waals surface area contributed by atoms with Gasteiger partial charge in [0.2, 0.25) is 5.88 Å². The van der Waals surface area contributed by atoms with E-state index >= 15 is 0 Å². The third-order valence-corrected chi connectivity index (χ3v) is 4.71. The highest BCUT2D eigenvalue weighted by Crippen LogP contribution is 2.22. The fourth-order valence-corrected chi connectivity index (χ4v) is 3.23. The lowest BCUT2D eigenvalue weighted by molar-refractivity contribution is 0.186. The van der Waals surface area contributed by atoms with E-state index in [1.54, 1.807) is 18.3 Å². The van der Waals surface area contributed by atoms with Crippen LogP contribution in [0.4, 0.5) is 10.5 Å². The molecule has 0 fully saturated rings. The first kappa shape index (κ1) is 19.2. The van der Waals surface area contributed by atoms with Gasteiger partial charge in [-0.05, 0) is 50.5 Å². The molecule has 1 aromatic heterocycles. The summed E-state index contributed by atoms with van der Waals surface area (Å²) >= 11 is 0. The van der Waals surface area contributed by atoms with Crippen LogP contribution in [-0.2, 0) is 13.0 Å². The molecule has 6 heteroatoms. The number of amides is 2. The zero-order valence-corrected chi connectivity index (χ0v) is 16.2. The van der Waals surface area contributed by atoms with E-state index < -0.39 is 0 Å². The van der Waals surface area contributed by atoms with Crippen molar-refractivity contribution in [1.29, 1.82) is 0 Å². The van der Waals surface area contributed by atoms with Crippen LogP contribution in [0.25, 0.3) is 0 Å². The van der Waals surface area contributed by atoms with Crippen LogP contribution in [0.2, 0.25) is 0 Å². The Bertz CT molecular complexity index is 778. The maximum atomic E-state index is 12.3. The molecule has 144 valence electrons. The molecule has 2 amide bonds. The lowest BCUT2D eigenvalue weighted by atomic mass is 9.99. The maximum Gasteiger partial charge on any atom is 0.319 e. The van der Waals surface area contributed by atoms with Crippen LogP contribution in [0.15, 0.2) is 42.6 Å². The molecule has 1 aromatic carbocycles. The average molecular weight is 368 g/mol. The van der Waals surface area contributed by atoms with Crippen molar-refractivity contribution in [3.63, 3.8) is 0 Å². The molecule has 1 aliphatic rings. The molecule has 27 heavy (non-hydrogen) atoms. The molecule has 2 aromatic rings. The second kappa shape index (κ2) is 8.86. The molecule has 2 heterocycles. The van der Waals surface area contributed by atoms with Crippen molar-refractivity contribution in [2.75, 3.05) is 18.4 Å². The van der Waals surface area contributed by atoms with E-state index in [4.69, 9.17) is 4.74 Å². The smallest absolute Gasteiger partial charge is 0.319 e. The lowest BCUT2D eigenvalue weighted by Gasteiger charge is -2.33. The van der Waals surface area contributed by atoms with Crippen molar-refractivity contribution in [2.45, 2.75) is 45.9 Å². The molecule has 0 aliphatic carbocycles. The number of anilines is 1. The van der Waals surface area contributed by atoms with Crippen molar-refractivity contribution in [1.82, 2.24) is 15.2 Å². The highest BCUT2D eigenvalue weighted by atomic mass is 16.5. The minimum absolute atomic E-state index is 0.00878. The molecule has 1 atom stereocenters. The predicted octanol–water partition coefficient (Wildman–Crippen LogP) is 3.44. The highest BCUT2D eigenvalue weighted by Gasteiger charge is 2.20. The van der Waals surface area contributed by atoms with Crippen LogP contribution >= 0.6 is 0 Å². The SMILES string of the molecule is CC(C)Oc1ncccc1NC(=O)NCC(C)N1CCc2ccccc2C1. The minimum atomic E-state index is -0.249. The number of ether oxygens (including phenoxy) is 1. The van der Waals surface area contributed by atoms with Crippen LogP contribution in [0.5, 0.6) is 5.88 Å². The number of carbonyl (C=O) groups is 1. The van der Waals surface area contributed by atoms with Crippen LogP contribution in [-0.4, -0.2) is 41.2 Å². The van der Waals surface area contributed by atoms with Crippen LogP contribution in [0, 0.1) is 0 Å². The number of hydrogen-bond donors (Lipinski definition) is 2. The second-order valence-electron chi connectivity index (χ2n) is 7.20. The molecule has 6 nitrogen and oxygen atoms in total. The second-order valence-corrected chi connectivity index (χ2v) is 7.20. The number of benzene rings is 1. The van der Waals surface area contributed by atoms with Crippen LogP contribution in [0.3, 0.4) is 0 Å².